The zero-order chi connectivity index (χ0) is 13.0. The number of nitrogens with zero attached hydrogens (tertiary/aromatic N) is 1. The molecule has 1 saturated heterocycles. The Kier molecular flexibility index (Phi) is 4.49. The molecule has 0 unspecified atom stereocenters. The Balaban J connectivity index is 1.77. The molecule has 0 bridgehead atoms. The molecule has 2 N–H and O–H groups in total. The predicted octanol–water partition coefficient (Wildman–Crippen LogP) is 1.52. The summed E-state index contributed by atoms with van der Waals surface area (Å²) in [5, 5.41) is 1.92. The number of ketones is 1. The van der Waals surface area contributed by atoms with Gasteiger partial charge in [-0.3, -0.25) is 14.5 Å². The monoisotopic (exact) mass is 266 g/mol. The number of carbonyl (C=O) groups excluding carboxylic acids is 2. The molecule has 98 valence electrons. The fourth-order valence-electron chi connectivity index (χ4n) is 2.35. The Morgan fingerprint density at radius 2 is 2.11 bits per heavy atom. The Labute approximate surface area is 111 Å². The molecule has 18 heavy (non-hydrogen) atoms. The highest BCUT2D eigenvalue weighted by Crippen LogP contribution is 2.20. The van der Waals surface area contributed by atoms with E-state index in [1.54, 1.807) is 0 Å². The van der Waals surface area contributed by atoms with Crippen LogP contribution in [0.2, 0.25) is 0 Å². The van der Waals surface area contributed by atoms with Crippen LogP contribution < -0.4 is 5.73 Å². The van der Waals surface area contributed by atoms with Crippen molar-refractivity contribution in [1.29, 1.82) is 0 Å². The largest absolute Gasteiger partial charge is 0.370 e. The van der Waals surface area contributed by atoms with Crippen LogP contribution in [0.15, 0.2) is 17.5 Å². The number of nitrogens with two attached hydrogens (primary N) is 1. The first-order chi connectivity index (χ1) is 8.65. The zero-order valence-electron chi connectivity index (χ0n) is 10.3. The van der Waals surface area contributed by atoms with Crippen LogP contribution >= 0.6 is 11.3 Å². The highest BCUT2D eigenvalue weighted by atomic mass is 32.1. The molecule has 0 saturated carbocycles. The molecule has 1 aromatic heterocycles. The van der Waals surface area contributed by atoms with Gasteiger partial charge in [-0.05, 0) is 43.3 Å². The third kappa shape index (κ3) is 3.65. The van der Waals surface area contributed by atoms with E-state index >= 15 is 0 Å². The van der Waals surface area contributed by atoms with Gasteiger partial charge in [0, 0.05) is 6.42 Å². The number of thiophene rings is 1. The van der Waals surface area contributed by atoms with E-state index in [4.69, 9.17) is 5.73 Å². The van der Waals surface area contributed by atoms with Crippen LogP contribution in [0, 0.1) is 5.92 Å². The van der Waals surface area contributed by atoms with Gasteiger partial charge in [-0.2, -0.15) is 0 Å². The standard InChI is InChI=1S/C13H18N2O2S/c14-13(17)8-10-3-5-15(6-4-10)9-11(16)12-2-1-7-18-12/h1-2,7,10H,3-6,8-9H2,(H2,14,17). The van der Waals surface area contributed by atoms with Crippen LogP contribution in [0.5, 0.6) is 0 Å². The van der Waals surface area contributed by atoms with Crippen molar-refractivity contribution in [2.24, 2.45) is 11.7 Å². The molecular formula is C13H18N2O2S. The lowest BCUT2D eigenvalue weighted by Crippen LogP contribution is -2.38. The second-order valence-corrected chi connectivity index (χ2v) is 5.74. The Morgan fingerprint density at radius 1 is 1.39 bits per heavy atom. The van der Waals surface area contributed by atoms with Crippen LogP contribution in [0.25, 0.3) is 0 Å². The van der Waals surface area contributed by atoms with Crippen molar-refractivity contribution in [2.45, 2.75) is 19.3 Å². The molecular weight excluding hydrogens is 248 g/mol. The van der Waals surface area contributed by atoms with Crippen molar-refractivity contribution < 1.29 is 9.59 Å². The first-order valence-electron chi connectivity index (χ1n) is 6.22. The summed E-state index contributed by atoms with van der Waals surface area (Å²) in [6, 6.07) is 3.77. The minimum atomic E-state index is -0.219. The highest BCUT2D eigenvalue weighted by molar-refractivity contribution is 7.12. The summed E-state index contributed by atoms with van der Waals surface area (Å²) in [4.78, 5) is 25.8. The van der Waals surface area contributed by atoms with Crippen molar-refractivity contribution >= 4 is 23.0 Å². The first-order valence-corrected chi connectivity index (χ1v) is 7.10. The summed E-state index contributed by atoms with van der Waals surface area (Å²) in [5.74, 6) is 0.372. The smallest absolute Gasteiger partial charge is 0.217 e. The summed E-state index contributed by atoms with van der Waals surface area (Å²) < 4.78 is 0. The topological polar surface area (TPSA) is 63.4 Å². The van der Waals surface area contributed by atoms with Gasteiger partial charge in [0.25, 0.3) is 0 Å². The average Bonchev–Trinajstić information content (AvgIpc) is 2.84. The van der Waals surface area contributed by atoms with Gasteiger partial charge in [-0.25, -0.2) is 0 Å². The summed E-state index contributed by atoms with van der Waals surface area (Å²) in [6.45, 7) is 2.26. The molecule has 0 spiro atoms. The number of likely N-dealkylation sites (tertiary alicyclic amines) is 1. The normalized spacial score (nSPS) is 17.8. The van der Waals surface area contributed by atoms with E-state index in [2.05, 4.69) is 4.90 Å². The van der Waals surface area contributed by atoms with Gasteiger partial charge in [0.2, 0.25) is 5.91 Å². The van der Waals surface area contributed by atoms with Gasteiger partial charge < -0.3 is 5.73 Å². The van der Waals surface area contributed by atoms with Gasteiger partial charge in [-0.15, -0.1) is 11.3 Å². The van der Waals surface area contributed by atoms with Crippen LogP contribution in [0.1, 0.15) is 28.9 Å². The molecule has 1 amide bonds. The number of amides is 1. The average molecular weight is 266 g/mol. The number of rotatable bonds is 5. The van der Waals surface area contributed by atoms with Crippen molar-refractivity contribution in [3.8, 4) is 0 Å². The molecule has 0 atom stereocenters. The second kappa shape index (κ2) is 6.11. The van der Waals surface area contributed by atoms with Crippen molar-refractivity contribution in [3.05, 3.63) is 22.4 Å². The fourth-order valence-corrected chi connectivity index (χ4v) is 3.01. The van der Waals surface area contributed by atoms with Crippen molar-refractivity contribution in [1.82, 2.24) is 4.90 Å². The number of hydrogen-bond acceptors (Lipinski definition) is 4. The molecule has 2 rings (SSSR count). The Bertz CT molecular complexity index is 409. The minimum absolute atomic E-state index is 0.193. The van der Waals surface area contributed by atoms with E-state index in [1.165, 1.54) is 11.3 Å². The Hall–Kier alpha value is -1.20. The summed E-state index contributed by atoms with van der Waals surface area (Å²) in [6.07, 6.45) is 2.40. The molecule has 2 heterocycles. The molecule has 1 aliphatic rings. The number of carbonyl (C=O) groups is 2. The van der Waals surface area contributed by atoms with Crippen molar-refractivity contribution in [2.75, 3.05) is 19.6 Å². The fraction of sp³-hybridized carbons (Fsp3) is 0.538. The first kappa shape index (κ1) is 13.2. The number of piperidine rings is 1. The predicted molar refractivity (Wildman–Crippen MR) is 71.6 cm³/mol. The third-order valence-corrected chi connectivity index (χ3v) is 4.27. The second-order valence-electron chi connectivity index (χ2n) is 4.79. The maximum atomic E-state index is 11.9. The summed E-state index contributed by atoms with van der Waals surface area (Å²) in [7, 11) is 0. The number of Topliss-reactive ketones (excluding diaryl/α,β-unsaturated/α-hetero) is 1. The van der Waals surface area contributed by atoms with E-state index in [0.717, 1.165) is 30.8 Å². The summed E-state index contributed by atoms with van der Waals surface area (Å²) >= 11 is 1.49. The van der Waals surface area contributed by atoms with E-state index in [1.807, 2.05) is 17.5 Å². The van der Waals surface area contributed by atoms with E-state index in [9.17, 15) is 9.59 Å². The van der Waals surface area contributed by atoms with Crippen LogP contribution in [-0.4, -0.2) is 36.2 Å². The summed E-state index contributed by atoms with van der Waals surface area (Å²) in [5.41, 5.74) is 5.20. The third-order valence-electron chi connectivity index (χ3n) is 3.36. The minimum Gasteiger partial charge on any atom is -0.370 e. The van der Waals surface area contributed by atoms with Gasteiger partial charge in [0.05, 0.1) is 11.4 Å². The van der Waals surface area contributed by atoms with Crippen LogP contribution in [0.4, 0.5) is 0 Å². The number of primary amides is 1. The van der Waals surface area contributed by atoms with Gasteiger partial charge in [0.1, 0.15) is 0 Å². The quantitative estimate of drug-likeness (QED) is 0.822. The molecule has 0 radical (unpaired) electrons. The molecule has 1 aliphatic heterocycles. The van der Waals surface area contributed by atoms with Crippen molar-refractivity contribution in [3.63, 3.8) is 0 Å². The molecule has 1 fully saturated rings. The van der Waals surface area contributed by atoms with Gasteiger partial charge >= 0.3 is 0 Å². The van der Waals surface area contributed by atoms with E-state index < -0.39 is 0 Å². The van der Waals surface area contributed by atoms with Crippen LogP contribution in [0.3, 0.4) is 0 Å². The molecule has 5 heteroatoms. The van der Waals surface area contributed by atoms with Gasteiger partial charge in [-0.1, -0.05) is 6.07 Å². The Morgan fingerprint density at radius 3 is 2.67 bits per heavy atom. The number of hydrogen-bond donors (Lipinski definition) is 1. The lowest BCUT2D eigenvalue weighted by molar-refractivity contribution is -0.119. The van der Waals surface area contributed by atoms with Gasteiger partial charge in [0.15, 0.2) is 5.78 Å². The van der Waals surface area contributed by atoms with Crippen LogP contribution in [-0.2, 0) is 4.79 Å². The maximum Gasteiger partial charge on any atom is 0.217 e. The zero-order valence-corrected chi connectivity index (χ0v) is 11.1. The lowest BCUT2D eigenvalue weighted by Gasteiger charge is -2.30. The van der Waals surface area contributed by atoms with E-state index in [-0.39, 0.29) is 11.7 Å². The molecule has 0 aliphatic carbocycles. The molecule has 4 nitrogen and oxygen atoms in total. The lowest BCUT2D eigenvalue weighted by atomic mass is 9.93. The highest BCUT2D eigenvalue weighted by Gasteiger charge is 2.22. The maximum absolute atomic E-state index is 11.9. The molecule has 1 aromatic rings. The molecule has 0 aromatic carbocycles. The SMILES string of the molecule is NC(=O)CC1CCN(CC(=O)c2cccs2)CC1. The van der Waals surface area contributed by atoms with E-state index in [0.29, 0.717) is 18.9 Å².